The van der Waals surface area contributed by atoms with Crippen molar-refractivity contribution in [2.75, 3.05) is 19.3 Å². The van der Waals surface area contributed by atoms with Crippen LogP contribution in [0.3, 0.4) is 0 Å². The molecular weight excluding hydrogens is 368 g/mol. The van der Waals surface area contributed by atoms with Crippen molar-refractivity contribution >= 4 is 21.4 Å². The summed E-state index contributed by atoms with van der Waals surface area (Å²) in [5.41, 5.74) is 1.91. The molecule has 1 saturated heterocycles. The fourth-order valence-corrected chi connectivity index (χ4v) is 5.33. The maximum Gasteiger partial charge on any atom is 0.211 e. The lowest BCUT2D eigenvalue weighted by molar-refractivity contribution is 0.273. The van der Waals surface area contributed by atoms with Crippen molar-refractivity contribution in [3.63, 3.8) is 0 Å². The van der Waals surface area contributed by atoms with E-state index in [0.29, 0.717) is 24.9 Å². The second-order valence-electron chi connectivity index (χ2n) is 7.38. The zero-order chi connectivity index (χ0) is 18.7. The Kier molecular flexibility index (Phi) is 6.04. The first-order valence-electron chi connectivity index (χ1n) is 9.03. The highest BCUT2D eigenvalue weighted by Gasteiger charge is 2.26. The Bertz CT molecular complexity index is 840. The summed E-state index contributed by atoms with van der Waals surface area (Å²) in [5.74, 6) is 1.02. The first-order chi connectivity index (χ1) is 12.3. The summed E-state index contributed by atoms with van der Waals surface area (Å²) in [5, 5.41) is 1.13. The van der Waals surface area contributed by atoms with Gasteiger partial charge in [-0.2, -0.15) is 0 Å². The molecule has 1 aliphatic heterocycles. The number of hydrogen-bond donors (Lipinski definition) is 0. The molecule has 0 saturated carbocycles. The zero-order valence-corrected chi connectivity index (χ0v) is 17.2. The van der Waals surface area contributed by atoms with Gasteiger partial charge in [0.1, 0.15) is 5.69 Å². The third-order valence-corrected chi connectivity index (χ3v) is 7.00. The van der Waals surface area contributed by atoms with Gasteiger partial charge < -0.3 is 0 Å². The van der Waals surface area contributed by atoms with Gasteiger partial charge in [0.25, 0.3) is 0 Å². The van der Waals surface area contributed by atoms with E-state index in [4.69, 9.17) is 0 Å². The predicted molar refractivity (Wildman–Crippen MR) is 105 cm³/mol. The van der Waals surface area contributed by atoms with Crippen molar-refractivity contribution in [1.29, 1.82) is 0 Å². The molecule has 2 aromatic heterocycles. The van der Waals surface area contributed by atoms with Gasteiger partial charge in [-0.15, -0.1) is 11.3 Å². The maximum atomic E-state index is 11.7. The van der Waals surface area contributed by atoms with Crippen LogP contribution in [0.4, 0.5) is 0 Å². The van der Waals surface area contributed by atoms with Gasteiger partial charge in [-0.05, 0) is 31.1 Å². The second-order valence-corrected chi connectivity index (χ2v) is 10.5. The summed E-state index contributed by atoms with van der Waals surface area (Å²) in [6, 6.07) is 0. The van der Waals surface area contributed by atoms with Gasteiger partial charge in [-0.1, -0.05) is 13.8 Å². The minimum absolute atomic E-state index is 0.437. The molecule has 0 radical (unpaired) electrons. The Hall–Kier alpha value is -1.38. The van der Waals surface area contributed by atoms with Crippen LogP contribution in [0.1, 0.15) is 37.4 Å². The van der Waals surface area contributed by atoms with Crippen LogP contribution >= 0.6 is 11.3 Å². The smallest absolute Gasteiger partial charge is 0.211 e. The molecule has 0 aromatic carbocycles. The van der Waals surface area contributed by atoms with Gasteiger partial charge >= 0.3 is 0 Å². The lowest BCUT2D eigenvalue weighted by atomic mass is 9.92. The molecule has 6 nitrogen and oxygen atoms in total. The average molecular weight is 395 g/mol. The van der Waals surface area contributed by atoms with Crippen LogP contribution in [0, 0.1) is 11.8 Å². The first kappa shape index (κ1) is 19.4. The van der Waals surface area contributed by atoms with Crippen LogP contribution in [-0.4, -0.2) is 47.0 Å². The van der Waals surface area contributed by atoms with E-state index in [1.165, 1.54) is 6.26 Å². The number of thiazole rings is 1. The van der Waals surface area contributed by atoms with Gasteiger partial charge in [0.05, 0.1) is 21.8 Å². The number of hydrogen-bond acceptors (Lipinski definition) is 6. The number of piperidine rings is 1. The van der Waals surface area contributed by atoms with E-state index < -0.39 is 10.0 Å². The van der Waals surface area contributed by atoms with Gasteiger partial charge in [0.2, 0.25) is 10.0 Å². The zero-order valence-electron chi connectivity index (χ0n) is 15.6. The van der Waals surface area contributed by atoms with E-state index in [1.54, 1.807) is 28.0 Å². The highest BCUT2D eigenvalue weighted by atomic mass is 32.2. The third kappa shape index (κ3) is 4.86. The van der Waals surface area contributed by atoms with E-state index in [9.17, 15) is 8.42 Å². The first-order valence-corrected chi connectivity index (χ1v) is 11.7. The summed E-state index contributed by atoms with van der Waals surface area (Å²) in [6.45, 7) is 5.58. The molecule has 142 valence electrons. The quantitative estimate of drug-likeness (QED) is 0.753. The van der Waals surface area contributed by atoms with Crippen molar-refractivity contribution in [2.24, 2.45) is 11.8 Å². The summed E-state index contributed by atoms with van der Waals surface area (Å²) in [4.78, 5) is 14.7. The summed E-state index contributed by atoms with van der Waals surface area (Å²) in [7, 11) is -3.08. The molecule has 1 fully saturated rings. The van der Waals surface area contributed by atoms with Crippen molar-refractivity contribution in [1.82, 2.24) is 19.3 Å². The minimum Gasteiger partial charge on any atom is -0.257 e. The molecule has 0 amide bonds. The number of rotatable bonds is 6. The largest absolute Gasteiger partial charge is 0.257 e. The molecule has 8 heteroatoms. The molecule has 0 unspecified atom stereocenters. The Morgan fingerprint density at radius 2 is 1.88 bits per heavy atom. The molecule has 3 rings (SSSR count). The van der Waals surface area contributed by atoms with E-state index >= 15 is 0 Å². The van der Waals surface area contributed by atoms with Crippen LogP contribution in [0.25, 0.3) is 10.6 Å². The van der Waals surface area contributed by atoms with Crippen LogP contribution in [0.15, 0.2) is 18.6 Å². The Balaban J connectivity index is 1.71. The molecule has 0 N–H and O–H groups in total. The van der Waals surface area contributed by atoms with Gasteiger partial charge in [-0.25, -0.2) is 17.7 Å². The van der Waals surface area contributed by atoms with Crippen molar-refractivity contribution in [2.45, 2.75) is 39.5 Å². The van der Waals surface area contributed by atoms with E-state index in [2.05, 4.69) is 28.8 Å². The number of sulfonamides is 1. The SMILES string of the molecule is CC(C)Cc1ncc(-c2nccnc2CC2CCN(S(C)(=O)=O)CC2)s1. The lowest BCUT2D eigenvalue weighted by Gasteiger charge is -2.30. The topological polar surface area (TPSA) is 76.1 Å². The molecule has 26 heavy (non-hydrogen) atoms. The summed E-state index contributed by atoms with van der Waals surface area (Å²) in [6.07, 6.45) is 10.2. The van der Waals surface area contributed by atoms with Crippen LogP contribution in [0.2, 0.25) is 0 Å². The molecule has 3 heterocycles. The lowest BCUT2D eigenvalue weighted by Crippen LogP contribution is -2.38. The number of aromatic nitrogens is 3. The van der Waals surface area contributed by atoms with Crippen LogP contribution in [0.5, 0.6) is 0 Å². The Labute approximate surface area is 159 Å². The molecule has 0 atom stereocenters. The van der Waals surface area contributed by atoms with Gasteiger partial charge in [0, 0.05) is 38.1 Å². The van der Waals surface area contributed by atoms with E-state index in [0.717, 1.165) is 47.0 Å². The summed E-state index contributed by atoms with van der Waals surface area (Å²) < 4.78 is 24.9. The second kappa shape index (κ2) is 8.10. The normalized spacial score (nSPS) is 17.1. The summed E-state index contributed by atoms with van der Waals surface area (Å²) >= 11 is 1.69. The highest BCUT2D eigenvalue weighted by Crippen LogP contribution is 2.30. The van der Waals surface area contributed by atoms with Crippen molar-refractivity contribution in [3.05, 3.63) is 29.3 Å². The highest BCUT2D eigenvalue weighted by molar-refractivity contribution is 7.88. The van der Waals surface area contributed by atoms with Crippen molar-refractivity contribution < 1.29 is 8.42 Å². The molecular formula is C18H26N4O2S2. The third-order valence-electron chi connectivity index (χ3n) is 4.67. The molecule has 0 spiro atoms. The van der Waals surface area contributed by atoms with Gasteiger partial charge in [-0.3, -0.25) is 9.97 Å². The van der Waals surface area contributed by atoms with Crippen LogP contribution in [-0.2, 0) is 22.9 Å². The monoisotopic (exact) mass is 394 g/mol. The van der Waals surface area contributed by atoms with E-state index in [-0.39, 0.29) is 0 Å². The fraction of sp³-hybridized carbons (Fsp3) is 0.611. The Morgan fingerprint density at radius 1 is 1.19 bits per heavy atom. The Morgan fingerprint density at radius 3 is 2.54 bits per heavy atom. The number of nitrogens with zero attached hydrogens (tertiary/aromatic N) is 4. The van der Waals surface area contributed by atoms with E-state index in [1.807, 2.05) is 6.20 Å². The molecule has 0 aliphatic carbocycles. The molecule has 2 aromatic rings. The molecule has 1 aliphatic rings. The maximum absolute atomic E-state index is 11.7. The molecule has 0 bridgehead atoms. The van der Waals surface area contributed by atoms with Gasteiger partial charge in [0.15, 0.2) is 0 Å². The van der Waals surface area contributed by atoms with Crippen LogP contribution < -0.4 is 0 Å². The predicted octanol–water partition coefficient (Wildman–Crippen LogP) is 3.01. The fourth-order valence-electron chi connectivity index (χ4n) is 3.30. The minimum atomic E-state index is -3.08. The standard InChI is InChI=1S/C18H26N4O2S2/c1-13(2)10-17-21-12-16(25-17)18-15(19-6-7-20-18)11-14-4-8-22(9-5-14)26(3,23)24/h6-7,12-14H,4-5,8-11H2,1-3H3. The van der Waals surface area contributed by atoms with Crippen molar-refractivity contribution in [3.8, 4) is 10.6 Å². The average Bonchev–Trinajstić information content (AvgIpc) is 3.02.